The summed E-state index contributed by atoms with van der Waals surface area (Å²) in [6, 6.07) is 13.8. The van der Waals surface area contributed by atoms with Gasteiger partial charge in [-0.25, -0.2) is 4.68 Å². The third-order valence-electron chi connectivity index (χ3n) is 5.55. The number of rotatable bonds is 12. The molecule has 1 unspecified atom stereocenters. The Labute approximate surface area is 200 Å². The molecule has 9 heteroatoms. The van der Waals surface area contributed by atoms with Crippen molar-refractivity contribution in [3.05, 3.63) is 54.1 Å². The predicted molar refractivity (Wildman–Crippen MR) is 129 cm³/mol. The third-order valence-corrected chi connectivity index (χ3v) is 5.55. The zero-order valence-electron chi connectivity index (χ0n) is 20.2. The molecule has 3 rings (SSSR count). The number of hydrogen-bond acceptors (Lipinski definition) is 6. The van der Waals surface area contributed by atoms with Crippen molar-refractivity contribution in [3.8, 4) is 5.75 Å². The third kappa shape index (κ3) is 6.32. The minimum atomic E-state index is -0.848. The first-order valence-corrected chi connectivity index (χ1v) is 11.4. The van der Waals surface area contributed by atoms with Crippen molar-refractivity contribution in [2.75, 3.05) is 33.9 Å². The molecule has 0 saturated heterocycles. The van der Waals surface area contributed by atoms with Gasteiger partial charge < -0.3 is 19.7 Å². The van der Waals surface area contributed by atoms with Gasteiger partial charge in [0.1, 0.15) is 23.9 Å². The van der Waals surface area contributed by atoms with Gasteiger partial charge in [-0.05, 0) is 42.2 Å². The van der Waals surface area contributed by atoms with Crippen molar-refractivity contribution >= 4 is 22.8 Å². The molecule has 0 aliphatic heterocycles. The van der Waals surface area contributed by atoms with Gasteiger partial charge in [-0.3, -0.25) is 9.59 Å². The standard InChI is InChI=1S/C25H33N5O4/c1-18(2)12-13-26-25(32)24(19-8-7-9-20(16-19)34-4)29(14-15-33-3)23(31)17-30-22-11-6-5-10-21(22)27-28-30/h5-11,16,18,24H,12-15,17H2,1-4H3,(H,26,32). The molecule has 2 amide bonds. The fourth-order valence-corrected chi connectivity index (χ4v) is 3.71. The molecule has 0 fully saturated rings. The van der Waals surface area contributed by atoms with Crippen LogP contribution in [0.2, 0.25) is 0 Å². The Hall–Kier alpha value is -3.46. The number of benzene rings is 2. The van der Waals surface area contributed by atoms with Crippen LogP contribution >= 0.6 is 0 Å². The van der Waals surface area contributed by atoms with E-state index in [1.165, 1.54) is 0 Å². The molecule has 0 aliphatic carbocycles. The zero-order chi connectivity index (χ0) is 24.5. The van der Waals surface area contributed by atoms with E-state index in [2.05, 4.69) is 29.5 Å². The second-order valence-corrected chi connectivity index (χ2v) is 8.47. The summed E-state index contributed by atoms with van der Waals surface area (Å²) < 4.78 is 12.2. The molecule has 0 radical (unpaired) electrons. The minimum absolute atomic E-state index is 0.0516. The molecule has 1 aromatic heterocycles. The summed E-state index contributed by atoms with van der Waals surface area (Å²) in [5.41, 5.74) is 2.12. The minimum Gasteiger partial charge on any atom is -0.497 e. The SMILES string of the molecule is COCCN(C(=O)Cn1nnc2ccccc21)C(C(=O)NCCC(C)C)c1cccc(OC)c1. The Kier molecular flexibility index (Phi) is 8.98. The number of nitrogens with one attached hydrogen (secondary N) is 1. The van der Waals surface area contributed by atoms with E-state index in [0.717, 1.165) is 11.9 Å². The van der Waals surface area contributed by atoms with Crippen molar-refractivity contribution in [1.29, 1.82) is 0 Å². The van der Waals surface area contributed by atoms with Gasteiger partial charge in [0.2, 0.25) is 11.8 Å². The molecule has 0 aliphatic rings. The van der Waals surface area contributed by atoms with E-state index in [1.54, 1.807) is 35.9 Å². The van der Waals surface area contributed by atoms with Gasteiger partial charge in [0.15, 0.2) is 0 Å². The lowest BCUT2D eigenvalue weighted by atomic mass is 10.0. The number of amides is 2. The molecule has 0 spiro atoms. The van der Waals surface area contributed by atoms with Crippen LogP contribution in [0, 0.1) is 5.92 Å². The number of ether oxygens (including phenoxy) is 2. The van der Waals surface area contributed by atoms with Gasteiger partial charge in [-0.2, -0.15) is 0 Å². The molecular weight excluding hydrogens is 434 g/mol. The summed E-state index contributed by atoms with van der Waals surface area (Å²) in [7, 11) is 3.14. The van der Waals surface area contributed by atoms with E-state index in [-0.39, 0.29) is 31.5 Å². The number of fused-ring (bicyclic) bond motifs is 1. The van der Waals surface area contributed by atoms with Crippen molar-refractivity contribution < 1.29 is 19.1 Å². The van der Waals surface area contributed by atoms with Gasteiger partial charge in [0, 0.05) is 20.2 Å². The molecule has 0 bridgehead atoms. The lowest BCUT2D eigenvalue weighted by molar-refractivity contribution is -0.142. The van der Waals surface area contributed by atoms with Crippen LogP contribution < -0.4 is 10.1 Å². The summed E-state index contributed by atoms with van der Waals surface area (Å²) in [5, 5.41) is 11.3. The van der Waals surface area contributed by atoms with Crippen LogP contribution in [0.4, 0.5) is 0 Å². The smallest absolute Gasteiger partial charge is 0.247 e. The van der Waals surface area contributed by atoms with Crippen molar-refractivity contribution in [2.24, 2.45) is 5.92 Å². The van der Waals surface area contributed by atoms with Gasteiger partial charge >= 0.3 is 0 Å². The average Bonchev–Trinajstić information content (AvgIpc) is 3.24. The molecule has 3 aromatic rings. The lowest BCUT2D eigenvalue weighted by Crippen LogP contribution is -2.46. The topological polar surface area (TPSA) is 98.6 Å². The summed E-state index contributed by atoms with van der Waals surface area (Å²) in [5.74, 6) is 0.544. The Balaban J connectivity index is 1.94. The molecule has 1 atom stereocenters. The number of nitrogens with zero attached hydrogens (tertiary/aromatic N) is 4. The predicted octanol–water partition coefficient (Wildman–Crippen LogP) is 2.82. The van der Waals surface area contributed by atoms with Gasteiger partial charge in [0.25, 0.3) is 0 Å². The molecule has 0 saturated carbocycles. The Bertz CT molecular complexity index is 1100. The highest BCUT2D eigenvalue weighted by atomic mass is 16.5. The maximum Gasteiger partial charge on any atom is 0.247 e. The second-order valence-electron chi connectivity index (χ2n) is 8.47. The summed E-state index contributed by atoms with van der Waals surface area (Å²) in [6.45, 7) is 5.19. The number of carbonyl (C=O) groups is 2. The number of para-hydroxylation sites is 1. The highest BCUT2D eigenvalue weighted by Gasteiger charge is 2.32. The number of methoxy groups -OCH3 is 2. The van der Waals surface area contributed by atoms with Crippen LogP contribution in [-0.4, -0.2) is 65.6 Å². The first kappa shape index (κ1) is 25.2. The number of aromatic nitrogens is 3. The molecule has 34 heavy (non-hydrogen) atoms. The number of hydrogen-bond donors (Lipinski definition) is 1. The monoisotopic (exact) mass is 467 g/mol. The maximum atomic E-state index is 13.6. The van der Waals surface area contributed by atoms with E-state index in [4.69, 9.17) is 9.47 Å². The van der Waals surface area contributed by atoms with Crippen molar-refractivity contribution in [1.82, 2.24) is 25.2 Å². The quantitative estimate of drug-likeness (QED) is 0.440. The van der Waals surface area contributed by atoms with Gasteiger partial charge in [-0.1, -0.05) is 43.3 Å². The molecule has 2 aromatic carbocycles. The number of carbonyl (C=O) groups excluding carboxylic acids is 2. The highest BCUT2D eigenvalue weighted by molar-refractivity contribution is 5.89. The van der Waals surface area contributed by atoms with E-state index >= 15 is 0 Å². The molecule has 182 valence electrons. The van der Waals surface area contributed by atoms with E-state index in [9.17, 15) is 9.59 Å². The Morgan fingerprint density at radius 2 is 1.91 bits per heavy atom. The van der Waals surface area contributed by atoms with Crippen LogP contribution in [0.1, 0.15) is 31.9 Å². The van der Waals surface area contributed by atoms with E-state index in [0.29, 0.717) is 29.3 Å². The maximum absolute atomic E-state index is 13.6. The van der Waals surface area contributed by atoms with Crippen molar-refractivity contribution in [3.63, 3.8) is 0 Å². The fourth-order valence-electron chi connectivity index (χ4n) is 3.71. The fraction of sp³-hybridized carbons (Fsp3) is 0.440. The average molecular weight is 468 g/mol. The van der Waals surface area contributed by atoms with Crippen molar-refractivity contribution in [2.45, 2.75) is 32.9 Å². The molecule has 1 heterocycles. The highest BCUT2D eigenvalue weighted by Crippen LogP contribution is 2.26. The van der Waals surface area contributed by atoms with Gasteiger partial charge in [-0.15, -0.1) is 5.10 Å². The van der Waals surface area contributed by atoms with Crippen LogP contribution in [0.5, 0.6) is 5.75 Å². The first-order chi connectivity index (χ1) is 16.4. The Morgan fingerprint density at radius 3 is 2.65 bits per heavy atom. The molecular formula is C25H33N5O4. The van der Waals surface area contributed by atoms with E-state index in [1.807, 2.05) is 36.4 Å². The van der Waals surface area contributed by atoms with Crippen LogP contribution in [0.3, 0.4) is 0 Å². The van der Waals surface area contributed by atoms with Crippen LogP contribution in [-0.2, 0) is 20.9 Å². The zero-order valence-corrected chi connectivity index (χ0v) is 20.2. The normalized spacial score (nSPS) is 12.0. The largest absolute Gasteiger partial charge is 0.497 e. The first-order valence-electron chi connectivity index (χ1n) is 11.4. The molecule has 1 N–H and O–H groups in total. The van der Waals surface area contributed by atoms with Gasteiger partial charge in [0.05, 0.1) is 19.2 Å². The summed E-state index contributed by atoms with van der Waals surface area (Å²) >= 11 is 0. The molecule has 9 nitrogen and oxygen atoms in total. The van der Waals surface area contributed by atoms with Crippen LogP contribution in [0.25, 0.3) is 11.0 Å². The Morgan fingerprint density at radius 1 is 1.12 bits per heavy atom. The lowest BCUT2D eigenvalue weighted by Gasteiger charge is -2.31. The summed E-state index contributed by atoms with van der Waals surface area (Å²) in [6.07, 6.45) is 0.841. The summed E-state index contributed by atoms with van der Waals surface area (Å²) in [4.78, 5) is 28.6. The van der Waals surface area contributed by atoms with E-state index < -0.39 is 6.04 Å². The second kappa shape index (κ2) is 12.1. The van der Waals surface area contributed by atoms with Crippen LogP contribution in [0.15, 0.2) is 48.5 Å².